The second kappa shape index (κ2) is 3.25. The summed E-state index contributed by atoms with van der Waals surface area (Å²) in [6.07, 6.45) is 3.38. The van der Waals surface area contributed by atoms with Gasteiger partial charge < -0.3 is 5.73 Å². The first-order chi connectivity index (χ1) is 6.40. The van der Waals surface area contributed by atoms with Crippen molar-refractivity contribution in [2.45, 2.75) is 0 Å². The number of rotatable bonds is 0. The maximum absolute atomic E-state index is 5.25. The second-order valence-electron chi connectivity index (χ2n) is 2.53. The van der Waals surface area contributed by atoms with Crippen molar-refractivity contribution in [2.75, 3.05) is 6.54 Å². The van der Waals surface area contributed by atoms with E-state index in [0.29, 0.717) is 6.54 Å². The molecule has 3 N–H and O–H groups in total. The fourth-order valence-corrected chi connectivity index (χ4v) is 1.05. The van der Waals surface area contributed by atoms with Crippen LogP contribution in [0.15, 0.2) is 18.5 Å². The van der Waals surface area contributed by atoms with Crippen LogP contribution in [0.1, 0.15) is 5.56 Å². The van der Waals surface area contributed by atoms with E-state index in [9.17, 15) is 0 Å². The molecule has 2 aromatic heterocycles. The van der Waals surface area contributed by atoms with Gasteiger partial charge >= 0.3 is 0 Å². The minimum Gasteiger partial charge on any atom is -0.320 e. The molecule has 0 saturated carbocycles. The number of aromatic nitrogens is 3. The highest BCUT2D eigenvalue weighted by Crippen LogP contribution is 2.07. The third-order valence-corrected chi connectivity index (χ3v) is 1.63. The van der Waals surface area contributed by atoms with Gasteiger partial charge in [-0.3, -0.25) is 10.1 Å². The number of nitrogens with zero attached hydrogens (tertiary/aromatic N) is 2. The highest BCUT2D eigenvalue weighted by molar-refractivity contribution is 5.74. The molecular weight excluding hydrogens is 164 g/mol. The fraction of sp³-hybridized carbons (Fsp3) is 0.111. The minimum atomic E-state index is 0.362. The summed E-state index contributed by atoms with van der Waals surface area (Å²) in [7, 11) is 0. The first kappa shape index (κ1) is 7.77. The number of hydrogen-bond donors (Lipinski definition) is 2. The Labute approximate surface area is 75.2 Å². The van der Waals surface area contributed by atoms with Crippen LogP contribution in [-0.2, 0) is 0 Å². The Morgan fingerprint density at radius 1 is 1.46 bits per heavy atom. The third kappa shape index (κ3) is 1.50. The van der Waals surface area contributed by atoms with E-state index in [1.807, 2.05) is 6.07 Å². The smallest absolute Gasteiger partial charge is 0.108 e. The Bertz CT molecular complexity index is 475. The summed E-state index contributed by atoms with van der Waals surface area (Å²) in [6.45, 7) is 0.362. The lowest BCUT2D eigenvalue weighted by atomic mass is 10.2. The van der Waals surface area contributed by atoms with E-state index < -0.39 is 0 Å². The van der Waals surface area contributed by atoms with Crippen molar-refractivity contribution in [3.05, 3.63) is 24.0 Å². The van der Waals surface area contributed by atoms with Crippen LogP contribution in [0.2, 0.25) is 0 Å². The van der Waals surface area contributed by atoms with Crippen molar-refractivity contribution in [1.29, 1.82) is 0 Å². The van der Waals surface area contributed by atoms with Gasteiger partial charge in [-0.15, -0.1) is 0 Å². The lowest BCUT2D eigenvalue weighted by molar-refractivity contribution is 1.12. The monoisotopic (exact) mass is 172 g/mol. The zero-order chi connectivity index (χ0) is 9.10. The minimum absolute atomic E-state index is 0.362. The standard InChI is InChI=1S/C9H8N4/c10-3-1-2-7-4-8-9(11-5-7)6-12-13-8/h4-6H,3,10H2,(H,12,13). The number of nitrogens with one attached hydrogen (secondary N) is 1. The zero-order valence-corrected chi connectivity index (χ0v) is 6.91. The molecule has 2 aromatic rings. The van der Waals surface area contributed by atoms with E-state index in [-0.39, 0.29) is 0 Å². The zero-order valence-electron chi connectivity index (χ0n) is 6.91. The molecule has 0 amide bonds. The van der Waals surface area contributed by atoms with Gasteiger partial charge in [0.05, 0.1) is 18.3 Å². The van der Waals surface area contributed by atoms with Crippen molar-refractivity contribution in [1.82, 2.24) is 15.2 Å². The van der Waals surface area contributed by atoms with Gasteiger partial charge in [-0.1, -0.05) is 11.8 Å². The predicted molar refractivity (Wildman–Crippen MR) is 49.8 cm³/mol. The lowest BCUT2D eigenvalue weighted by Gasteiger charge is -1.89. The number of nitrogens with two attached hydrogens (primary N) is 1. The molecular formula is C9H8N4. The first-order valence-electron chi connectivity index (χ1n) is 3.88. The molecule has 0 aliphatic carbocycles. The molecule has 0 unspecified atom stereocenters. The summed E-state index contributed by atoms with van der Waals surface area (Å²) < 4.78 is 0. The Kier molecular flexibility index (Phi) is 1.94. The van der Waals surface area contributed by atoms with Crippen LogP contribution in [0.25, 0.3) is 11.0 Å². The summed E-state index contributed by atoms with van der Waals surface area (Å²) in [5.41, 5.74) is 7.84. The van der Waals surface area contributed by atoms with Gasteiger partial charge in [-0.25, -0.2) is 0 Å². The Morgan fingerprint density at radius 2 is 2.38 bits per heavy atom. The summed E-state index contributed by atoms with van der Waals surface area (Å²) in [5.74, 6) is 5.67. The van der Waals surface area contributed by atoms with Crippen LogP contribution >= 0.6 is 0 Å². The molecule has 0 aromatic carbocycles. The van der Waals surface area contributed by atoms with Crippen LogP contribution in [-0.4, -0.2) is 21.7 Å². The quantitative estimate of drug-likeness (QED) is 0.560. The normalized spacial score (nSPS) is 9.62. The summed E-state index contributed by atoms with van der Waals surface area (Å²) >= 11 is 0. The molecule has 64 valence electrons. The molecule has 2 heterocycles. The van der Waals surface area contributed by atoms with Crippen LogP contribution in [0.3, 0.4) is 0 Å². The van der Waals surface area contributed by atoms with Crippen molar-refractivity contribution in [3.8, 4) is 11.8 Å². The molecule has 0 aliphatic heterocycles. The van der Waals surface area contributed by atoms with Crippen molar-refractivity contribution in [3.63, 3.8) is 0 Å². The van der Waals surface area contributed by atoms with Gasteiger partial charge in [-0.2, -0.15) is 5.10 Å². The summed E-state index contributed by atoms with van der Waals surface area (Å²) in [4.78, 5) is 4.16. The fourth-order valence-electron chi connectivity index (χ4n) is 1.05. The Hall–Kier alpha value is -1.86. The molecule has 0 radical (unpaired) electrons. The van der Waals surface area contributed by atoms with Crippen molar-refractivity contribution < 1.29 is 0 Å². The predicted octanol–water partition coefficient (Wildman–Crippen LogP) is 0.268. The second-order valence-corrected chi connectivity index (χ2v) is 2.53. The SMILES string of the molecule is NCC#Cc1cnc2cn[nH]c2c1. The highest BCUT2D eigenvalue weighted by atomic mass is 15.1. The number of H-pyrrole nitrogens is 1. The van der Waals surface area contributed by atoms with E-state index in [0.717, 1.165) is 16.6 Å². The van der Waals surface area contributed by atoms with E-state index >= 15 is 0 Å². The van der Waals surface area contributed by atoms with Gasteiger partial charge in [0.1, 0.15) is 5.52 Å². The van der Waals surface area contributed by atoms with E-state index in [1.54, 1.807) is 12.4 Å². The summed E-state index contributed by atoms with van der Waals surface area (Å²) in [6, 6.07) is 1.90. The maximum atomic E-state index is 5.25. The summed E-state index contributed by atoms with van der Waals surface area (Å²) in [5, 5.41) is 6.69. The molecule has 0 bridgehead atoms. The molecule has 0 spiro atoms. The van der Waals surface area contributed by atoms with Gasteiger partial charge in [-0.05, 0) is 6.07 Å². The maximum Gasteiger partial charge on any atom is 0.108 e. The van der Waals surface area contributed by atoms with E-state index in [2.05, 4.69) is 27.0 Å². The molecule has 0 saturated heterocycles. The first-order valence-corrected chi connectivity index (χ1v) is 3.88. The van der Waals surface area contributed by atoms with E-state index in [4.69, 9.17) is 5.73 Å². The average molecular weight is 172 g/mol. The molecule has 0 atom stereocenters. The molecule has 0 fully saturated rings. The largest absolute Gasteiger partial charge is 0.320 e. The number of hydrogen-bond acceptors (Lipinski definition) is 3. The molecule has 4 nitrogen and oxygen atoms in total. The molecule has 13 heavy (non-hydrogen) atoms. The molecule has 2 rings (SSSR count). The number of aromatic amines is 1. The van der Waals surface area contributed by atoms with Gasteiger partial charge in [0.15, 0.2) is 0 Å². The topological polar surface area (TPSA) is 67.6 Å². The van der Waals surface area contributed by atoms with Crippen molar-refractivity contribution in [2.24, 2.45) is 5.73 Å². The number of pyridine rings is 1. The molecule has 0 aliphatic rings. The third-order valence-electron chi connectivity index (χ3n) is 1.63. The van der Waals surface area contributed by atoms with Crippen LogP contribution < -0.4 is 5.73 Å². The van der Waals surface area contributed by atoms with Crippen LogP contribution in [0.5, 0.6) is 0 Å². The van der Waals surface area contributed by atoms with Crippen LogP contribution in [0, 0.1) is 11.8 Å². The van der Waals surface area contributed by atoms with Gasteiger partial charge in [0.25, 0.3) is 0 Å². The Morgan fingerprint density at radius 3 is 3.23 bits per heavy atom. The number of fused-ring (bicyclic) bond motifs is 1. The Balaban J connectivity index is 2.48. The van der Waals surface area contributed by atoms with Gasteiger partial charge in [0.2, 0.25) is 0 Å². The van der Waals surface area contributed by atoms with Crippen molar-refractivity contribution >= 4 is 11.0 Å². The lowest BCUT2D eigenvalue weighted by Crippen LogP contribution is -1.93. The molecule has 4 heteroatoms. The van der Waals surface area contributed by atoms with E-state index in [1.165, 1.54) is 0 Å². The van der Waals surface area contributed by atoms with Crippen LogP contribution in [0.4, 0.5) is 0 Å². The van der Waals surface area contributed by atoms with Gasteiger partial charge in [0, 0.05) is 11.8 Å². The highest BCUT2D eigenvalue weighted by Gasteiger charge is 1.95. The average Bonchev–Trinajstić information content (AvgIpc) is 2.61.